The minimum Gasteiger partial charge on any atom is -0.494 e. The molecule has 32 heavy (non-hydrogen) atoms. The van der Waals surface area contributed by atoms with Gasteiger partial charge in [0.1, 0.15) is 11.5 Å². The molecular formula is C24H30N2O5S. The highest BCUT2D eigenvalue weighted by Crippen LogP contribution is 2.30. The molecule has 7 nitrogen and oxygen atoms in total. The lowest BCUT2D eigenvalue weighted by molar-refractivity contribution is -0.142. The quantitative estimate of drug-likeness (QED) is 0.638. The van der Waals surface area contributed by atoms with E-state index in [1.807, 2.05) is 44.2 Å². The van der Waals surface area contributed by atoms with Crippen molar-refractivity contribution in [2.75, 3.05) is 39.4 Å². The lowest BCUT2D eigenvalue weighted by Gasteiger charge is -2.38. The third-order valence-electron chi connectivity index (χ3n) is 6.14. The molecule has 0 atom stereocenters. The molecule has 0 aromatic heterocycles. The number of sulfonamides is 1. The second-order valence-corrected chi connectivity index (χ2v) is 10.8. The molecule has 1 saturated heterocycles. The molecule has 0 N–H and O–H groups in total. The summed E-state index contributed by atoms with van der Waals surface area (Å²) in [4.78, 5) is 15.2. The fraction of sp³-hybridized carbons (Fsp3) is 0.458. The molecule has 0 aliphatic carbocycles. The van der Waals surface area contributed by atoms with E-state index in [1.165, 1.54) is 4.31 Å². The van der Waals surface area contributed by atoms with Crippen LogP contribution in [-0.2, 0) is 21.2 Å². The normalized spacial score (nSPS) is 17.0. The molecule has 1 amide bonds. The molecule has 4 rings (SSSR count). The summed E-state index contributed by atoms with van der Waals surface area (Å²) < 4.78 is 38.9. The maximum Gasteiger partial charge on any atom is 0.243 e. The molecule has 0 spiro atoms. The average molecular weight is 459 g/mol. The number of carbonyl (C=O) groups is 1. The van der Waals surface area contributed by atoms with Crippen molar-refractivity contribution < 1.29 is 22.7 Å². The fourth-order valence-electron chi connectivity index (χ4n) is 4.08. The third-order valence-corrected chi connectivity index (χ3v) is 8.04. The van der Waals surface area contributed by atoms with Gasteiger partial charge in [0.15, 0.2) is 0 Å². The minimum atomic E-state index is -3.59. The summed E-state index contributed by atoms with van der Waals surface area (Å²) in [5.41, 5.74) is 0.342. The molecule has 2 aliphatic rings. The first-order valence-corrected chi connectivity index (χ1v) is 12.4. The molecular weight excluding hydrogens is 428 g/mol. The van der Waals surface area contributed by atoms with Crippen molar-refractivity contribution in [3.63, 3.8) is 0 Å². The van der Waals surface area contributed by atoms with E-state index in [4.69, 9.17) is 9.47 Å². The summed E-state index contributed by atoms with van der Waals surface area (Å²) in [6.45, 7) is 6.21. The highest BCUT2D eigenvalue weighted by molar-refractivity contribution is 7.89. The van der Waals surface area contributed by atoms with Gasteiger partial charge >= 0.3 is 0 Å². The number of amides is 1. The molecule has 0 saturated carbocycles. The van der Waals surface area contributed by atoms with Crippen molar-refractivity contribution in [2.24, 2.45) is 5.41 Å². The van der Waals surface area contributed by atoms with Gasteiger partial charge < -0.3 is 14.4 Å². The van der Waals surface area contributed by atoms with Crippen LogP contribution in [0.25, 0.3) is 0 Å². The van der Waals surface area contributed by atoms with E-state index in [-0.39, 0.29) is 19.0 Å². The van der Waals surface area contributed by atoms with Crippen LogP contribution in [0.1, 0.15) is 25.8 Å². The average Bonchev–Trinajstić information content (AvgIpc) is 3.27. The molecule has 0 bridgehead atoms. The van der Waals surface area contributed by atoms with Crippen LogP contribution in [0.5, 0.6) is 11.5 Å². The van der Waals surface area contributed by atoms with Crippen molar-refractivity contribution in [1.82, 2.24) is 9.21 Å². The maximum atomic E-state index is 13.1. The van der Waals surface area contributed by atoms with Crippen LogP contribution < -0.4 is 9.47 Å². The van der Waals surface area contributed by atoms with E-state index >= 15 is 0 Å². The van der Waals surface area contributed by atoms with E-state index in [9.17, 15) is 13.2 Å². The van der Waals surface area contributed by atoms with Crippen molar-refractivity contribution >= 4 is 15.9 Å². The number of hydrogen-bond acceptors (Lipinski definition) is 5. The van der Waals surface area contributed by atoms with Crippen LogP contribution >= 0.6 is 0 Å². The van der Waals surface area contributed by atoms with Gasteiger partial charge in [-0.05, 0) is 42.3 Å². The number of nitrogens with zero attached hydrogens (tertiary/aromatic N) is 2. The molecule has 8 heteroatoms. The van der Waals surface area contributed by atoms with Crippen molar-refractivity contribution in [2.45, 2.75) is 31.6 Å². The Hall–Kier alpha value is -2.58. The number of carbonyl (C=O) groups excluding carboxylic acids is 1. The second kappa shape index (κ2) is 9.11. The number of benzene rings is 2. The molecule has 0 unspecified atom stereocenters. The zero-order valence-electron chi connectivity index (χ0n) is 18.6. The molecule has 2 aromatic carbocycles. The Kier molecular flexibility index (Phi) is 6.44. The standard InChI is InChI=1S/C24H30N2O5S/c1-24(2,11-17-30-20-6-4-3-5-7-20)23(27)25-12-14-26(15-13-25)32(28,29)21-8-9-22-19(18-21)10-16-31-22/h3-9,18H,10-17H2,1-2H3. The van der Waals surface area contributed by atoms with Crippen LogP contribution in [0.15, 0.2) is 53.4 Å². The van der Waals surface area contributed by atoms with E-state index in [2.05, 4.69) is 0 Å². The Morgan fingerprint density at radius 2 is 1.78 bits per heavy atom. The first kappa shape index (κ1) is 22.6. The molecule has 1 fully saturated rings. The maximum absolute atomic E-state index is 13.1. The van der Waals surface area contributed by atoms with Gasteiger partial charge in [0.25, 0.3) is 0 Å². The number of fused-ring (bicyclic) bond motifs is 1. The fourth-order valence-corrected chi connectivity index (χ4v) is 5.55. The summed E-state index contributed by atoms with van der Waals surface area (Å²) >= 11 is 0. The van der Waals surface area contributed by atoms with Crippen LogP contribution in [0.2, 0.25) is 0 Å². The van der Waals surface area contributed by atoms with Gasteiger partial charge in [-0.1, -0.05) is 32.0 Å². The molecule has 2 aliphatic heterocycles. The number of rotatable bonds is 7. The molecule has 2 heterocycles. The van der Waals surface area contributed by atoms with Gasteiger partial charge in [-0.2, -0.15) is 4.31 Å². The number of para-hydroxylation sites is 1. The number of piperazine rings is 1. The van der Waals surface area contributed by atoms with Gasteiger partial charge in [0, 0.05) is 38.0 Å². The molecule has 172 valence electrons. The predicted octanol–water partition coefficient (Wildman–Crippen LogP) is 2.95. The van der Waals surface area contributed by atoms with E-state index in [0.29, 0.717) is 37.6 Å². The first-order chi connectivity index (χ1) is 15.3. The third kappa shape index (κ3) is 4.76. The smallest absolute Gasteiger partial charge is 0.243 e. The largest absolute Gasteiger partial charge is 0.494 e. The summed E-state index contributed by atoms with van der Waals surface area (Å²) in [5, 5.41) is 0. The van der Waals surface area contributed by atoms with Gasteiger partial charge in [-0.15, -0.1) is 0 Å². The first-order valence-electron chi connectivity index (χ1n) is 11.0. The van der Waals surface area contributed by atoms with Crippen molar-refractivity contribution in [1.29, 1.82) is 0 Å². The van der Waals surface area contributed by atoms with Gasteiger partial charge in [-0.25, -0.2) is 8.42 Å². The number of hydrogen-bond donors (Lipinski definition) is 0. The zero-order chi connectivity index (χ0) is 22.8. The lowest BCUT2D eigenvalue weighted by atomic mass is 9.87. The van der Waals surface area contributed by atoms with E-state index in [0.717, 1.165) is 23.5 Å². The topological polar surface area (TPSA) is 76.2 Å². The van der Waals surface area contributed by atoms with Gasteiger partial charge in [0.2, 0.25) is 15.9 Å². The molecule has 0 radical (unpaired) electrons. The van der Waals surface area contributed by atoms with Crippen molar-refractivity contribution in [3.05, 3.63) is 54.1 Å². The predicted molar refractivity (Wildman–Crippen MR) is 121 cm³/mol. The number of ether oxygens (including phenoxy) is 2. The Balaban J connectivity index is 1.32. The zero-order valence-corrected chi connectivity index (χ0v) is 19.4. The highest BCUT2D eigenvalue weighted by atomic mass is 32.2. The summed E-state index contributed by atoms with van der Waals surface area (Å²) in [6.07, 6.45) is 1.31. The van der Waals surface area contributed by atoms with E-state index < -0.39 is 15.4 Å². The monoisotopic (exact) mass is 458 g/mol. The Morgan fingerprint density at radius 3 is 2.50 bits per heavy atom. The van der Waals surface area contributed by atoms with E-state index in [1.54, 1.807) is 23.1 Å². The summed E-state index contributed by atoms with van der Waals surface area (Å²) in [6, 6.07) is 14.6. The SMILES string of the molecule is CC(C)(CCOc1ccccc1)C(=O)N1CCN(S(=O)(=O)c2ccc3c(c2)CCO3)CC1. The van der Waals surface area contributed by atoms with Gasteiger partial charge in [-0.3, -0.25) is 4.79 Å². The Morgan fingerprint density at radius 1 is 1.06 bits per heavy atom. The highest BCUT2D eigenvalue weighted by Gasteiger charge is 2.36. The lowest BCUT2D eigenvalue weighted by Crippen LogP contribution is -2.53. The Labute approximate surface area is 190 Å². The second-order valence-electron chi connectivity index (χ2n) is 8.86. The van der Waals surface area contributed by atoms with Crippen LogP contribution in [0, 0.1) is 5.41 Å². The van der Waals surface area contributed by atoms with Gasteiger partial charge in [0.05, 0.1) is 18.1 Å². The minimum absolute atomic E-state index is 0.0286. The summed E-state index contributed by atoms with van der Waals surface area (Å²) in [5.74, 6) is 1.58. The summed E-state index contributed by atoms with van der Waals surface area (Å²) in [7, 11) is -3.59. The molecule has 2 aromatic rings. The van der Waals surface area contributed by atoms with Crippen LogP contribution in [0.4, 0.5) is 0 Å². The van der Waals surface area contributed by atoms with Crippen LogP contribution in [0.3, 0.4) is 0 Å². The van der Waals surface area contributed by atoms with Crippen molar-refractivity contribution in [3.8, 4) is 11.5 Å². The van der Waals surface area contributed by atoms with Crippen LogP contribution in [-0.4, -0.2) is 62.9 Å². The Bertz CT molecular complexity index is 1060.